The molecule has 4 rings (SSSR count). The number of aliphatic hydroxyl groups is 1. The molecule has 1 aliphatic heterocycles. The van der Waals surface area contributed by atoms with Crippen LogP contribution in [0.5, 0.6) is 5.75 Å². The van der Waals surface area contributed by atoms with Crippen LogP contribution in [-0.4, -0.2) is 24.0 Å². The highest BCUT2D eigenvalue weighted by Crippen LogP contribution is 2.45. The van der Waals surface area contributed by atoms with Crippen LogP contribution in [0.25, 0.3) is 11.0 Å². The highest BCUT2D eigenvalue weighted by Gasteiger charge is 2.49. The number of hydrogen-bond acceptors (Lipinski definition) is 6. The molecule has 6 nitrogen and oxygen atoms in total. The molecule has 1 aromatic heterocycles. The lowest BCUT2D eigenvalue weighted by molar-refractivity contribution is -0.202. The Labute approximate surface area is 148 Å². The maximum atomic E-state index is 12.7. The van der Waals surface area contributed by atoms with Crippen molar-refractivity contribution < 1.29 is 23.8 Å². The Morgan fingerprint density at radius 1 is 1.15 bits per heavy atom. The van der Waals surface area contributed by atoms with Gasteiger partial charge in [0.25, 0.3) is 0 Å². The van der Waals surface area contributed by atoms with Crippen molar-refractivity contribution in [3.8, 4) is 5.75 Å². The van der Waals surface area contributed by atoms with Crippen molar-refractivity contribution in [3.63, 3.8) is 0 Å². The fourth-order valence-corrected chi connectivity index (χ4v) is 3.39. The first-order valence-electron chi connectivity index (χ1n) is 8.14. The van der Waals surface area contributed by atoms with Gasteiger partial charge in [-0.3, -0.25) is 0 Å². The lowest BCUT2D eigenvalue weighted by Gasteiger charge is -2.36. The number of esters is 1. The topological polar surface area (TPSA) is 86.0 Å². The molecule has 0 unspecified atom stereocenters. The molecule has 0 saturated heterocycles. The second-order valence-corrected chi connectivity index (χ2v) is 6.17. The Balaban J connectivity index is 2.02. The van der Waals surface area contributed by atoms with Crippen molar-refractivity contribution in [2.45, 2.75) is 18.1 Å². The van der Waals surface area contributed by atoms with Crippen LogP contribution in [0.4, 0.5) is 0 Å². The molecule has 0 aliphatic carbocycles. The van der Waals surface area contributed by atoms with E-state index in [1.807, 2.05) is 30.3 Å². The minimum absolute atomic E-state index is 0.143. The van der Waals surface area contributed by atoms with Crippen LogP contribution < -0.4 is 10.4 Å². The largest absolute Gasteiger partial charge is 0.464 e. The van der Waals surface area contributed by atoms with Crippen LogP contribution >= 0.6 is 0 Å². The molecule has 0 spiro atoms. The standard InChI is InChI=1S/C20H16O6/c1-24-19(22)20(23)11-14(12-7-3-2-4-8-12)16-17(26-20)13-9-5-6-10-15(13)25-18(16)21/h2-10,14,23H,11H2,1H3/t14-,20-/m1/s1. The summed E-state index contributed by atoms with van der Waals surface area (Å²) in [5.41, 5.74) is 0.807. The van der Waals surface area contributed by atoms with Crippen LogP contribution in [0.2, 0.25) is 0 Å². The van der Waals surface area contributed by atoms with E-state index in [1.54, 1.807) is 24.3 Å². The predicted octanol–water partition coefficient (Wildman–Crippen LogP) is 2.57. The molecular weight excluding hydrogens is 336 g/mol. The van der Waals surface area contributed by atoms with Gasteiger partial charge in [-0.05, 0) is 17.7 Å². The van der Waals surface area contributed by atoms with Gasteiger partial charge in [0.05, 0.1) is 18.1 Å². The molecule has 2 atom stereocenters. The monoisotopic (exact) mass is 352 g/mol. The molecule has 26 heavy (non-hydrogen) atoms. The van der Waals surface area contributed by atoms with Crippen molar-refractivity contribution in [1.29, 1.82) is 0 Å². The summed E-state index contributed by atoms with van der Waals surface area (Å²) in [6.45, 7) is 0. The summed E-state index contributed by atoms with van der Waals surface area (Å²) in [6.07, 6.45) is -0.153. The summed E-state index contributed by atoms with van der Waals surface area (Å²) < 4.78 is 15.8. The first kappa shape index (κ1) is 16.4. The van der Waals surface area contributed by atoms with Crippen molar-refractivity contribution in [3.05, 3.63) is 76.1 Å². The van der Waals surface area contributed by atoms with E-state index in [-0.39, 0.29) is 17.7 Å². The van der Waals surface area contributed by atoms with Gasteiger partial charge in [0.2, 0.25) is 0 Å². The third-order valence-corrected chi connectivity index (χ3v) is 4.61. The maximum absolute atomic E-state index is 12.7. The van der Waals surface area contributed by atoms with Crippen LogP contribution in [0, 0.1) is 0 Å². The third kappa shape index (κ3) is 2.46. The highest BCUT2D eigenvalue weighted by atomic mass is 16.7. The first-order chi connectivity index (χ1) is 12.5. The zero-order chi connectivity index (χ0) is 18.3. The summed E-state index contributed by atoms with van der Waals surface area (Å²) in [4.78, 5) is 24.9. The molecule has 0 saturated carbocycles. The fourth-order valence-electron chi connectivity index (χ4n) is 3.39. The SMILES string of the molecule is COC(=O)[C@@]1(O)C[C@H](c2ccccc2)c2c(c3ccccc3oc2=O)O1. The zero-order valence-corrected chi connectivity index (χ0v) is 14.0. The Kier molecular flexibility index (Phi) is 3.77. The number of benzene rings is 2. The number of carbonyl (C=O) groups is 1. The number of carbonyl (C=O) groups excluding carboxylic acids is 1. The molecule has 1 N–H and O–H groups in total. The minimum atomic E-state index is -2.20. The molecule has 0 amide bonds. The molecule has 2 aromatic carbocycles. The highest BCUT2D eigenvalue weighted by molar-refractivity contribution is 5.87. The maximum Gasteiger partial charge on any atom is 0.379 e. The number of hydrogen-bond donors (Lipinski definition) is 1. The Bertz CT molecular complexity index is 1040. The van der Waals surface area contributed by atoms with Crippen molar-refractivity contribution in [1.82, 2.24) is 0 Å². The first-order valence-corrected chi connectivity index (χ1v) is 8.14. The molecule has 0 radical (unpaired) electrons. The van der Waals surface area contributed by atoms with Crippen LogP contribution in [0.15, 0.2) is 63.8 Å². The van der Waals surface area contributed by atoms with Gasteiger partial charge in [0.15, 0.2) is 0 Å². The van der Waals surface area contributed by atoms with E-state index in [0.717, 1.165) is 5.56 Å². The number of rotatable bonds is 2. The number of para-hydroxylation sites is 1. The average Bonchev–Trinajstić information content (AvgIpc) is 2.67. The van der Waals surface area contributed by atoms with Crippen molar-refractivity contribution >= 4 is 16.9 Å². The lowest BCUT2D eigenvalue weighted by Crippen LogP contribution is -2.50. The quantitative estimate of drug-likeness (QED) is 0.563. The van der Waals surface area contributed by atoms with Gasteiger partial charge in [-0.15, -0.1) is 0 Å². The summed E-state index contributed by atoms with van der Waals surface area (Å²) in [5.74, 6) is -3.55. The summed E-state index contributed by atoms with van der Waals surface area (Å²) in [6, 6.07) is 16.0. The van der Waals surface area contributed by atoms with Gasteiger partial charge in [-0.1, -0.05) is 42.5 Å². The number of ether oxygens (including phenoxy) is 2. The van der Waals surface area contributed by atoms with Gasteiger partial charge < -0.3 is 19.0 Å². The number of methoxy groups -OCH3 is 1. The second-order valence-electron chi connectivity index (χ2n) is 6.17. The summed E-state index contributed by atoms with van der Waals surface area (Å²) in [5, 5.41) is 11.3. The van der Waals surface area contributed by atoms with E-state index in [4.69, 9.17) is 13.9 Å². The number of fused-ring (bicyclic) bond motifs is 3. The molecule has 6 heteroatoms. The normalized spacial score (nSPS) is 21.7. The molecule has 2 heterocycles. The van der Waals surface area contributed by atoms with Gasteiger partial charge in [-0.25, -0.2) is 9.59 Å². The van der Waals surface area contributed by atoms with Crippen LogP contribution in [0.3, 0.4) is 0 Å². The fraction of sp³-hybridized carbons (Fsp3) is 0.200. The molecular formula is C20H16O6. The van der Waals surface area contributed by atoms with Crippen molar-refractivity contribution in [2.24, 2.45) is 0 Å². The molecule has 0 fully saturated rings. The lowest BCUT2D eigenvalue weighted by atomic mass is 9.83. The Morgan fingerprint density at radius 3 is 2.58 bits per heavy atom. The predicted molar refractivity (Wildman–Crippen MR) is 93.0 cm³/mol. The van der Waals surface area contributed by atoms with Gasteiger partial charge in [-0.2, -0.15) is 0 Å². The summed E-state index contributed by atoms with van der Waals surface area (Å²) in [7, 11) is 1.17. The van der Waals surface area contributed by atoms with E-state index in [9.17, 15) is 14.7 Å². The van der Waals surface area contributed by atoms with Crippen LogP contribution in [0.1, 0.15) is 23.5 Å². The van der Waals surface area contributed by atoms with Crippen molar-refractivity contribution in [2.75, 3.05) is 7.11 Å². The van der Waals surface area contributed by atoms with Crippen LogP contribution in [-0.2, 0) is 9.53 Å². The molecule has 0 bridgehead atoms. The summed E-state index contributed by atoms with van der Waals surface area (Å²) >= 11 is 0. The van der Waals surface area contributed by atoms with Gasteiger partial charge in [0.1, 0.15) is 11.3 Å². The van der Waals surface area contributed by atoms with Gasteiger partial charge >= 0.3 is 17.4 Å². The molecule has 1 aliphatic rings. The Hall–Kier alpha value is -3.12. The van der Waals surface area contributed by atoms with E-state index in [0.29, 0.717) is 11.0 Å². The third-order valence-electron chi connectivity index (χ3n) is 4.61. The average molecular weight is 352 g/mol. The molecule has 132 valence electrons. The van der Waals surface area contributed by atoms with E-state index < -0.39 is 23.3 Å². The van der Waals surface area contributed by atoms with E-state index >= 15 is 0 Å². The van der Waals surface area contributed by atoms with E-state index in [2.05, 4.69) is 0 Å². The smallest absolute Gasteiger partial charge is 0.379 e. The Morgan fingerprint density at radius 2 is 1.85 bits per heavy atom. The molecule has 3 aromatic rings. The minimum Gasteiger partial charge on any atom is -0.464 e. The van der Waals surface area contributed by atoms with Gasteiger partial charge in [0, 0.05) is 12.3 Å². The zero-order valence-electron chi connectivity index (χ0n) is 14.0. The van der Waals surface area contributed by atoms with E-state index in [1.165, 1.54) is 7.11 Å². The second kappa shape index (κ2) is 6.00.